The van der Waals surface area contributed by atoms with Crippen LogP contribution in [-0.4, -0.2) is 30.2 Å². The Balaban J connectivity index is 0. The number of hydrogen-bond acceptors (Lipinski definition) is 4. The Bertz CT molecular complexity index is 247. The van der Waals surface area contributed by atoms with Crippen LogP contribution < -0.4 is 67.1 Å². The molecule has 0 spiro atoms. The van der Waals surface area contributed by atoms with Gasteiger partial charge in [-0.3, -0.25) is 4.79 Å². The van der Waals surface area contributed by atoms with Crippen molar-refractivity contribution in [3.63, 3.8) is 0 Å². The summed E-state index contributed by atoms with van der Waals surface area (Å²) >= 11 is 0. The topological polar surface area (TPSA) is 84.4 Å². The summed E-state index contributed by atoms with van der Waals surface area (Å²) in [4.78, 5) is 10.5. The van der Waals surface area contributed by atoms with E-state index in [2.05, 4.69) is 17.6 Å². The smallest absolute Gasteiger partial charge is 0.874 e. The minimum absolute atomic E-state index is 0. The molecule has 0 aliphatic rings. The zero-order valence-electron chi connectivity index (χ0n) is 11.7. The molecule has 5 nitrogen and oxygen atoms in total. The third-order valence-electron chi connectivity index (χ3n) is 2.38. The molecule has 0 bridgehead atoms. The van der Waals surface area contributed by atoms with Crippen LogP contribution in [0.15, 0.2) is 12.0 Å². The van der Waals surface area contributed by atoms with Gasteiger partial charge in [-0.2, -0.15) is 0 Å². The molecule has 100 valence electrons. The number of unbranched alkanes of at least 4 members (excludes halogenated alkanes) is 2. The van der Waals surface area contributed by atoms with Gasteiger partial charge in [0.15, 0.2) is 0 Å². The number of carboxylic acid groups (broad SMARTS) is 1. The summed E-state index contributed by atoms with van der Waals surface area (Å²) in [5.74, 6) is -0.769. The van der Waals surface area contributed by atoms with Gasteiger partial charge in [0.1, 0.15) is 6.04 Å². The molecule has 1 atom stereocenters. The number of carboxylic acids is 1. The van der Waals surface area contributed by atoms with Gasteiger partial charge in [-0.05, 0) is 19.5 Å². The van der Waals surface area contributed by atoms with Gasteiger partial charge in [-0.15, -0.1) is 5.76 Å². The fourth-order valence-corrected chi connectivity index (χ4v) is 1.26. The van der Waals surface area contributed by atoms with Gasteiger partial charge >= 0.3 is 57.4 Å². The predicted molar refractivity (Wildman–Crippen MR) is 65.3 cm³/mol. The van der Waals surface area contributed by atoms with Gasteiger partial charge in [0, 0.05) is 13.1 Å². The average Bonchev–Trinajstić information content (AvgIpc) is 2.28. The third-order valence-corrected chi connectivity index (χ3v) is 2.38. The number of rotatable bonds is 10. The first-order chi connectivity index (χ1) is 8.07. The second-order valence-electron chi connectivity index (χ2n) is 4.04. The fourth-order valence-electron chi connectivity index (χ4n) is 1.26. The maximum Gasteiger partial charge on any atom is 1.00 e. The second kappa shape index (κ2) is 13.8. The maximum atomic E-state index is 11.3. The number of nitrogens with one attached hydrogen (secondary N) is 2. The van der Waals surface area contributed by atoms with Gasteiger partial charge in [0.05, 0.1) is 0 Å². The normalized spacial score (nSPS) is 12.7. The molecule has 0 radical (unpaired) electrons. The van der Waals surface area contributed by atoms with Crippen molar-refractivity contribution < 1.29 is 66.4 Å². The zero-order valence-corrected chi connectivity index (χ0v) is 14.8. The average molecular weight is 282 g/mol. The monoisotopic (exact) mass is 282 g/mol. The van der Waals surface area contributed by atoms with Crippen molar-refractivity contribution in [2.45, 2.75) is 45.6 Å². The van der Waals surface area contributed by atoms with Crippen molar-refractivity contribution in [3.05, 3.63) is 12.0 Å². The Morgan fingerprint density at radius 2 is 2.06 bits per heavy atom. The van der Waals surface area contributed by atoms with Crippen LogP contribution in [0, 0.1) is 0 Å². The molecule has 0 aliphatic heterocycles. The van der Waals surface area contributed by atoms with Crippen LogP contribution in [0.25, 0.3) is 0 Å². The molecule has 0 heterocycles. The molecule has 0 aliphatic carbocycles. The molecule has 0 fully saturated rings. The van der Waals surface area contributed by atoms with Crippen molar-refractivity contribution in [2.24, 2.45) is 0 Å². The molecule has 3 N–H and O–H groups in total. The van der Waals surface area contributed by atoms with Crippen molar-refractivity contribution >= 4 is 5.97 Å². The summed E-state index contributed by atoms with van der Waals surface area (Å²) in [6, 6.07) is -0.558. The standard InChI is InChI=1S/C12H24N2O3.K/c1-3-4-5-6-11(15)9-13-7-8-14-10(2)12(16)17;/h9-10,13-15H,3-8H2,1-2H3,(H,16,17);/q;+1/p-1/b11-9-;. The van der Waals surface area contributed by atoms with E-state index in [1.807, 2.05) is 0 Å². The Kier molecular flexibility index (Phi) is 15.9. The molecule has 0 rings (SSSR count). The SMILES string of the molecule is CCCCC/C([O-])=C/NCCNC(C)C(=O)O.[K+]. The molecule has 0 saturated heterocycles. The van der Waals surface area contributed by atoms with Gasteiger partial charge in [0.25, 0.3) is 0 Å². The van der Waals surface area contributed by atoms with Gasteiger partial charge in [-0.25, -0.2) is 0 Å². The van der Waals surface area contributed by atoms with E-state index in [1.54, 1.807) is 6.92 Å². The first-order valence-corrected chi connectivity index (χ1v) is 6.13. The minimum Gasteiger partial charge on any atom is -0.874 e. The Morgan fingerprint density at radius 1 is 1.39 bits per heavy atom. The van der Waals surface area contributed by atoms with Crippen LogP contribution >= 0.6 is 0 Å². The van der Waals surface area contributed by atoms with Crippen molar-refractivity contribution in [1.29, 1.82) is 0 Å². The van der Waals surface area contributed by atoms with Gasteiger partial charge < -0.3 is 20.8 Å². The van der Waals surface area contributed by atoms with Crippen LogP contribution in [0.3, 0.4) is 0 Å². The first kappa shape index (κ1) is 20.7. The fraction of sp³-hybridized carbons (Fsp3) is 0.750. The predicted octanol–water partition coefficient (Wildman–Crippen LogP) is -2.58. The maximum absolute atomic E-state index is 11.3. The molecular formula is C12H23KN2O3. The molecule has 0 saturated carbocycles. The molecule has 0 aromatic rings. The summed E-state index contributed by atoms with van der Waals surface area (Å²) in [6.07, 6.45) is 5.18. The van der Waals surface area contributed by atoms with Crippen LogP contribution in [0.1, 0.15) is 39.5 Å². The zero-order chi connectivity index (χ0) is 13.1. The van der Waals surface area contributed by atoms with E-state index < -0.39 is 12.0 Å². The van der Waals surface area contributed by atoms with E-state index in [9.17, 15) is 9.90 Å². The number of carbonyl (C=O) groups is 1. The minimum atomic E-state index is -0.871. The molecule has 6 heteroatoms. The third kappa shape index (κ3) is 12.9. The quantitative estimate of drug-likeness (QED) is 0.233. The van der Waals surface area contributed by atoms with E-state index in [0.29, 0.717) is 19.5 Å². The Morgan fingerprint density at radius 3 is 2.61 bits per heavy atom. The van der Waals surface area contributed by atoms with Crippen LogP contribution in [0.5, 0.6) is 0 Å². The largest absolute Gasteiger partial charge is 1.00 e. The summed E-state index contributed by atoms with van der Waals surface area (Å²) in [6.45, 7) is 4.76. The molecule has 0 amide bonds. The van der Waals surface area contributed by atoms with Gasteiger partial charge in [-0.1, -0.05) is 26.2 Å². The van der Waals surface area contributed by atoms with Gasteiger partial charge in [0.2, 0.25) is 0 Å². The number of allylic oxidation sites excluding steroid dienone is 1. The molecular weight excluding hydrogens is 259 g/mol. The van der Waals surface area contributed by atoms with E-state index in [1.165, 1.54) is 6.20 Å². The van der Waals surface area contributed by atoms with Crippen molar-refractivity contribution in [1.82, 2.24) is 10.6 Å². The second-order valence-corrected chi connectivity index (χ2v) is 4.04. The number of aliphatic carboxylic acids is 1. The van der Waals surface area contributed by atoms with E-state index in [0.717, 1.165) is 19.3 Å². The number of hydrogen-bond donors (Lipinski definition) is 3. The van der Waals surface area contributed by atoms with Crippen LogP contribution in [0.4, 0.5) is 0 Å². The van der Waals surface area contributed by atoms with Crippen molar-refractivity contribution in [3.8, 4) is 0 Å². The van der Waals surface area contributed by atoms with E-state index in [4.69, 9.17) is 5.11 Å². The summed E-state index contributed by atoms with van der Waals surface area (Å²) in [5.41, 5.74) is 0. The van der Waals surface area contributed by atoms with Crippen LogP contribution in [0.2, 0.25) is 0 Å². The molecule has 1 unspecified atom stereocenters. The van der Waals surface area contributed by atoms with Crippen LogP contribution in [-0.2, 0) is 4.79 Å². The summed E-state index contributed by atoms with van der Waals surface area (Å²) in [5, 5.41) is 25.6. The first-order valence-electron chi connectivity index (χ1n) is 6.13. The molecule has 0 aromatic heterocycles. The Hall–Kier alpha value is 0.406. The Labute approximate surface area is 152 Å². The van der Waals surface area contributed by atoms with E-state index in [-0.39, 0.29) is 57.1 Å². The molecule has 18 heavy (non-hydrogen) atoms. The molecule has 0 aromatic carbocycles. The summed E-state index contributed by atoms with van der Waals surface area (Å²) < 4.78 is 0. The van der Waals surface area contributed by atoms with Crippen molar-refractivity contribution in [2.75, 3.05) is 13.1 Å². The van der Waals surface area contributed by atoms with E-state index >= 15 is 0 Å². The summed E-state index contributed by atoms with van der Waals surface area (Å²) in [7, 11) is 0.